The van der Waals surface area contributed by atoms with Crippen LogP contribution in [-0.4, -0.2) is 10.9 Å². The van der Waals surface area contributed by atoms with Crippen LogP contribution in [0, 0.1) is 0 Å². The van der Waals surface area contributed by atoms with Crippen molar-refractivity contribution in [1.82, 2.24) is 4.98 Å². The predicted octanol–water partition coefficient (Wildman–Crippen LogP) is 3.52. The molecule has 0 aliphatic rings. The molecule has 0 radical (unpaired) electrons. The average Bonchev–Trinajstić information content (AvgIpc) is 2.37. The fraction of sp³-hybridized carbons (Fsp3) is 0.0769. The molecule has 0 fully saturated rings. The summed E-state index contributed by atoms with van der Waals surface area (Å²) in [6, 6.07) is 6.57. The molecule has 1 amide bonds. The number of halogens is 4. The number of nitrogens with two attached hydrogens (primary N) is 1. The van der Waals surface area contributed by atoms with E-state index in [2.05, 4.69) is 4.98 Å². The molecular weight excluding hydrogens is 293 g/mol. The van der Waals surface area contributed by atoms with Gasteiger partial charge in [-0.1, -0.05) is 23.7 Å². The second-order valence-corrected chi connectivity index (χ2v) is 4.40. The molecule has 0 bridgehead atoms. The van der Waals surface area contributed by atoms with Crippen molar-refractivity contribution in [3.8, 4) is 11.1 Å². The van der Waals surface area contributed by atoms with Gasteiger partial charge in [-0.3, -0.25) is 9.78 Å². The highest BCUT2D eigenvalue weighted by atomic mass is 35.5. The van der Waals surface area contributed by atoms with Crippen molar-refractivity contribution in [2.45, 2.75) is 6.18 Å². The minimum atomic E-state index is -4.48. The largest absolute Gasteiger partial charge is 0.433 e. The Labute approximate surface area is 117 Å². The highest BCUT2D eigenvalue weighted by Gasteiger charge is 2.32. The Morgan fingerprint density at radius 3 is 2.25 bits per heavy atom. The number of carbonyl (C=O) groups excluding carboxylic acids is 1. The molecule has 0 unspecified atom stereocenters. The summed E-state index contributed by atoms with van der Waals surface area (Å²) < 4.78 is 37.2. The summed E-state index contributed by atoms with van der Waals surface area (Å²) in [6.07, 6.45) is -3.38. The van der Waals surface area contributed by atoms with Gasteiger partial charge in [-0.05, 0) is 23.8 Å². The molecule has 0 spiro atoms. The molecule has 1 heterocycles. The zero-order valence-corrected chi connectivity index (χ0v) is 10.7. The van der Waals surface area contributed by atoms with Gasteiger partial charge in [0.2, 0.25) is 5.91 Å². The van der Waals surface area contributed by atoms with Gasteiger partial charge in [0, 0.05) is 11.8 Å². The molecule has 0 saturated heterocycles. The van der Waals surface area contributed by atoms with Crippen molar-refractivity contribution >= 4 is 17.5 Å². The van der Waals surface area contributed by atoms with Crippen LogP contribution < -0.4 is 5.73 Å². The van der Waals surface area contributed by atoms with Crippen LogP contribution in [0.4, 0.5) is 13.2 Å². The van der Waals surface area contributed by atoms with Crippen LogP contribution in [0.25, 0.3) is 11.1 Å². The van der Waals surface area contributed by atoms with Crippen LogP contribution in [0.15, 0.2) is 36.5 Å². The molecular formula is C13H8ClF3N2O. The van der Waals surface area contributed by atoms with Crippen LogP contribution in [-0.2, 0) is 6.18 Å². The standard InChI is InChI=1S/C13H8ClF3N2O/c14-10-5-7(1-3-9(10)12(18)20)8-2-4-11(19-6-8)13(15,16)17/h1-6H,(H2,18,20). The smallest absolute Gasteiger partial charge is 0.366 e. The maximum atomic E-state index is 12.4. The number of hydrogen-bond donors (Lipinski definition) is 1. The van der Waals surface area contributed by atoms with Gasteiger partial charge in [-0.25, -0.2) is 0 Å². The topological polar surface area (TPSA) is 56.0 Å². The van der Waals surface area contributed by atoms with Gasteiger partial charge in [-0.15, -0.1) is 0 Å². The summed E-state index contributed by atoms with van der Waals surface area (Å²) in [6.45, 7) is 0. The second kappa shape index (κ2) is 5.13. The molecule has 1 aromatic carbocycles. The molecule has 3 nitrogen and oxygen atoms in total. The van der Waals surface area contributed by atoms with E-state index in [0.717, 1.165) is 12.3 Å². The Bertz CT molecular complexity index is 654. The molecule has 0 aliphatic heterocycles. The number of aromatic nitrogens is 1. The van der Waals surface area contributed by atoms with E-state index in [1.165, 1.54) is 24.3 Å². The van der Waals surface area contributed by atoms with Crippen LogP contribution in [0.5, 0.6) is 0 Å². The van der Waals surface area contributed by atoms with Crippen molar-refractivity contribution in [2.75, 3.05) is 0 Å². The number of amides is 1. The summed E-state index contributed by atoms with van der Waals surface area (Å²) in [5, 5.41) is 0.134. The molecule has 0 atom stereocenters. The second-order valence-electron chi connectivity index (χ2n) is 3.99. The lowest BCUT2D eigenvalue weighted by Crippen LogP contribution is -2.11. The van der Waals surface area contributed by atoms with Gasteiger partial charge in [0.15, 0.2) is 0 Å². The van der Waals surface area contributed by atoms with Gasteiger partial charge >= 0.3 is 6.18 Å². The first-order valence-electron chi connectivity index (χ1n) is 5.42. The summed E-state index contributed by atoms with van der Waals surface area (Å²) in [5.41, 5.74) is 5.28. The summed E-state index contributed by atoms with van der Waals surface area (Å²) >= 11 is 5.88. The predicted molar refractivity (Wildman–Crippen MR) is 68.2 cm³/mol. The van der Waals surface area contributed by atoms with Gasteiger partial charge in [-0.2, -0.15) is 13.2 Å². The molecule has 7 heteroatoms. The van der Waals surface area contributed by atoms with E-state index in [9.17, 15) is 18.0 Å². The first kappa shape index (κ1) is 14.3. The normalized spacial score (nSPS) is 11.4. The zero-order chi connectivity index (χ0) is 14.9. The maximum Gasteiger partial charge on any atom is 0.433 e. The number of nitrogens with zero attached hydrogens (tertiary/aromatic N) is 1. The molecule has 2 rings (SSSR count). The molecule has 2 N–H and O–H groups in total. The van der Waals surface area contributed by atoms with Gasteiger partial charge < -0.3 is 5.73 Å². The number of carbonyl (C=O) groups is 1. The Balaban J connectivity index is 2.37. The Hall–Kier alpha value is -2.08. The highest BCUT2D eigenvalue weighted by molar-refractivity contribution is 6.34. The van der Waals surface area contributed by atoms with Crippen molar-refractivity contribution in [3.05, 3.63) is 52.8 Å². The third kappa shape index (κ3) is 2.91. The lowest BCUT2D eigenvalue weighted by molar-refractivity contribution is -0.141. The number of primary amides is 1. The quantitative estimate of drug-likeness (QED) is 0.922. The van der Waals surface area contributed by atoms with Crippen LogP contribution in [0.3, 0.4) is 0 Å². The number of hydrogen-bond acceptors (Lipinski definition) is 2. The van der Waals surface area contributed by atoms with Crippen molar-refractivity contribution in [3.63, 3.8) is 0 Å². The number of alkyl halides is 3. The first-order valence-corrected chi connectivity index (χ1v) is 5.80. The van der Waals surface area contributed by atoms with E-state index in [-0.39, 0.29) is 10.6 Å². The average molecular weight is 301 g/mol. The molecule has 0 aliphatic carbocycles. The lowest BCUT2D eigenvalue weighted by Gasteiger charge is -2.08. The van der Waals surface area contributed by atoms with E-state index in [1.807, 2.05) is 0 Å². The van der Waals surface area contributed by atoms with E-state index < -0.39 is 17.8 Å². The van der Waals surface area contributed by atoms with E-state index >= 15 is 0 Å². The SMILES string of the molecule is NC(=O)c1ccc(-c2ccc(C(F)(F)F)nc2)cc1Cl. The summed E-state index contributed by atoms with van der Waals surface area (Å²) in [4.78, 5) is 14.4. The zero-order valence-electron chi connectivity index (χ0n) is 9.91. The Morgan fingerprint density at radius 2 is 1.80 bits per heavy atom. The molecule has 2 aromatic rings. The molecule has 104 valence electrons. The third-order valence-corrected chi connectivity index (χ3v) is 2.93. The van der Waals surface area contributed by atoms with Gasteiger partial charge in [0.25, 0.3) is 0 Å². The fourth-order valence-corrected chi connectivity index (χ4v) is 1.90. The maximum absolute atomic E-state index is 12.4. The number of pyridine rings is 1. The van der Waals surface area contributed by atoms with Crippen molar-refractivity contribution in [1.29, 1.82) is 0 Å². The minimum Gasteiger partial charge on any atom is -0.366 e. The van der Waals surface area contributed by atoms with E-state index in [4.69, 9.17) is 17.3 Å². The van der Waals surface area contributed by atoms with E-state index in [0.29, 0.717) is 11.1 Å². The summed E-state index contributed by atoms with van der Waals surface area (Å²) in [5.74, 6) is -0.674. The van der Waals surface area contributed by atoms with Gasteiger partial charge in [0.1, 0.15) is 5.69 Å². The van der Waals surface area contributed by atoms with Crippen LogP contribution in [0.2, 0.25) is 5.02 Å². The third-order valence-electron chi connectivity index (χ3n) is 2.62. The van der Waals surface area contributed by atoms with Crippen molar-refractivity contribution < 1.29 is 18.0 Å². The molecule has 0 saturated carbocycles. The monoisotopic (exact) mass is 300 g/mol. The Kier molecular flexibility index (Phi) is 3.67. The van der Waals surface area contributed by atoms with Crippen molar-refractivity contribution in [2.24, 2.45) is 5.73 Å². The first-order chi connectivity index (χ1) is 9.29. The Morgan fingerprint density at radius 1 is 1.15 bits per heavy atom. The fourth-order valence-electron chi connectivity index (χ4n) is 1.63. The number of benzene rings is 1. The minimum absolute atomic E-state index is 0.134. The molecule has 1 aromatic heterocycles. The van der Waals surface area contributed by atoms with E-state index in [1.54, 1.807) is 0 Å². The van der Waals surface area contributed by atoms with Crippen LogP contribution in [0.1, 0.15) is 16.1 Å². The van der Waals surface area contributed by atoms with Crippen LogP contribution >= 0.6 is 11.6 Å². The van der Waals surface area contributed by atoms with Gasteiger partial charge in [0.05, 0.1) is 10.6 Å². The highest BCUT2D eigenvalue weighted by Crippen LogP contribution is 2.30. The lowest BCUT2D eigenvalue weighted by atomic mass is 10.0. The molecule has 20 heavy (non-hydrogen) atoms. The summed E-state index contributed by atoms with van der Waals surface area (Å²) in [7, 11) is 0. The number of rotatable bonds is 2.